The number of benzene rings is 2. The molecule has 2 atom stereocenters. The summed E-state index contributed by atoms with van der Waals surface area (Å²) in [6.45, 7) is 4.27. The molecule has 0 saturated carbocycles. The molecule has 0 bridgehead atoms. The van der Waals surface area contributed by atoms with E-state index in [-0.39, 0.29) is 17.8 Å². The number of anilines is 1. The molecule has 0 spiro atoms. The van der Waals surface area contributed by atoms with Crippen molar-refractivity contribution in [1.82, 2.24) is 14.9 Å². The summed E-state index contributed by atoms with van der Waals surface area (Å²) in [5.74, 6) is 0.224. The van der Waals surface area contributed by atoms with E-state index in [1.807, 2.05) is 48.7 Å². The summed E-state index contributed by atoms with van der Waals surface area (Å²) in [7, 11) is 0. The number of nitrogens with one attached hydrogen (secondary N) is 1. The Morgan fingerprint density at radius 1 is 1.00 bits per heavy atom. The second-order valence-electron chi connectivity index (χ2n) is 8.13. The highest BCUT2D eigenvalue weighted by Gasteiger charge is 2.42. The van der Waals surface area contributed by atoms with Gasteiger partial charge >= 0.3 is 0 Å². The molecule has 2 aromatic heterocycles. The standard InChI is InChI=1S/C26H23BrN4OS/c1-16-15-20(17(2)30(16)23-9-4-3-7-21(23)27)25-24(22-8-5-6-14-28-22)29-26(33)31(25)18-10-12-19(32)13-11-18/h3-15,24-25,32H,1-2H3,(H,29,33)/t24-,25-/m0/s1. The van der Waals surface area contributed by atoms with Crippen LogP contribution in [0.2, 0.25) is 0 Å². The van der Waals surface area contributed by atoms with Crippen molar-refractivity contribution >= 4 is 38.9 Å². The summed E-state index contributed by atoms with van der Waals surface area (Å²) in [4.78, 5) is 6.77. The number of pyridine rings is 1. The number of aromatic nitrogens is 2. The molecule has 0 aliphatic carbocycles. The summed E-state index contributed by atoms with van der Waals surface area (Å²) in [5, 5.41) is 14.0. The Hall–Kier alpha value is -3.16. The quantitative estimate of drug-likeness (QED) is 0.318. The average Bonchev–Trinajstić information content (AvgIpc) is 3.31. The Bertz CT molecular complexity index is 1320. The molecule has 2 N–H and O–H groups in total. The fourth-order valence-corrected chi connectivity index (χ4v) is 5.46. The number of phenols is 1. The number of halogens is 1. The van der Waals surface area contributed by atoms with E-state index in [0.717, 1.165) is 32.9 Å². The maximum absolute atomic E-state index is 9.83. The van der Waals surface area contributed by atoms with E-state index >= 15 is 0 Å². The van der Waals surface area contributed by atoms with E-state index in [1.165, 1.54) is 5.56 Å². The van der Waals surface area contributed by atoms with Gasteiger partial charge in [0.05, 0.1) is 23.5 Å². The van der Waals surface area contributed by atoms with Gasteiger partial charge in [-0.2, -0.15) is 0 Å². The lowest BCUT2D eigenvalue weighted by Gasteiger charge is -2.28. The molecule has 0 radical (unpaired) electrons. The van der Waals surface area contributed by atoms with Crippen molar-refractivity contribution in [2.24, 2.45) is 0 Å². The zero-order valence-electron chi connectivity index (χ0n) is 18.2. The zero-order chi connectivity index (χ0) is 23.1. The number of thiocarbonyl (C=S) groups is 1. The molecule has 5 nitrogen and oxygen atoms in total. The van der Waals surface area contributed by atoms with Gasteiger partial charge in [0.1, 0.15) is 5.75 Å². The molecule has 0 amide bonds. The van der Waals surface area contributed by atoms with Crippen LogP contribution >= 0.6 is 28.1 Å². The Morgan fingerprint density at radius 3 is 2.42 bits per heavy atom. The van der Waals surface area contributed by atoms with Crippen LogP contribution < -0.4 is 10.2 Å². The van der Waals surface area contributed by atoms with Crippen LogP contribution in [0.5, 0.6) is 5.75 Å². The van der Waals surface area contributed by atoms with Crippen LogP contribution in [0.1, 0.15) is 34.7 Å². The van der Waals surface area contributed by atoms with Gasteiger partial charge in [-0.1, -0.05) is 18.2 Å². The minimum absolute atomic E-state index is 0.112. The molecule has 1 aliphatic rings. The first-order valence-electron chi connectivity index (χ1n) is 10.7. The van der Waals surface area contributed by atoms with Crippen molar-refractivity contribution in [1.29, 1.82) is 0 Å². The largest absolute Gasteiger partial charge is 0.508 e. The Balaban J connectivity index is 1.69. The van der Waals surface area contributed by atoms with Gasteiger partial charge in [0.25, 0.3) is 0 Å². The molecular formula is C26H23BrN4OS. The van der Waals surface area contributed by atoms with Gasteiger partial charge in [-0.3, -0.25) is 4.98 Å². The molecule has 33 heavy (non-hydrogen) atoms. The van der Waals surface area contributed by atoms with E-state index in [2.05, 4.69) is 67.7 Å². The summed E-state index contributed by atoms with van der Waals surface area (Å²) >= 11 is 9.53. The molecule has 4 aromatic rings. The molecule has 3 heterocycles. The predicted molar refractivity (Wildman–Crippen MR) is 139 cm³/mol. The number of hydrogen-bond acceptors (Lipinski definition) is 3. The zero-order valence-corrected chi connectivity index (χ0v) is 20.6. The number of rotatable bonds is 4. The molecule has 0 unspecified atom stereocenters. The Kier molecular flexibility index (Phi) is 5.68. The smallest absolute Gasteiger partial charge is 0.174 e. The minimum Gasteiger partial charge on any atom is -0.508 e. The maximum atomic E-state index is 9.83. The maximum Gasteiger partial charge on any atom is 0.174 e. The molecule has 1 aliphatic heterocycles. The van der Waals surface area contributed by atoms with E-state index in [4.69, 9.17) is 12.2 Å². The number of nitrogens with zero attached hydrogens (tertiary/aromatic N) is 3. The van der Waals surface area contributed by atoms with Crippen molar-refractivity contribution in [2.75, 3.05) is 4.90 Å². The van der Waals surface area contributed by atoms with Crippen LogP contribution in [0.3, 0.4) is 0 Å². The second kappa shape index (κ2) is 8.65. The van der Waals surface area contributed by atoms with Crippen LogP contribution in [-0.2, 0) is 0 Å². The van der Waals surface area contributed by atoms with E-state index < -0.39 is 0 Å². The SMILES string of the molecule is Cc1cc([C@H]2[C@H](c3ccccn3)NC(=S)N2c2ccc(O)cc2)c(C)n1-c1ccccc1Br. The second-order valence-corrected chi connectivity index (χ2v) is 9.37. The van der Waals surface area contributed by atoms with Crippen LogP contribution in [0.4, 0.5) is 5.69 Å². The topological polar surface area (TPSA) is 53.3 Å². The summed E-state index contributed by atoms with van der Waals surface area (Å²) in [5.41, 5.74) is 6.38. The van der Waals surface area contributed by atoms with Gasteiger partial charge in [0.15, 0.2) is 5.11 Å². The van der Waals surface area contributed by atoms with Crippen molar-refractivity contribution in [3.63, 3.8) is 0 Å². The first-order chi connectivity index (χ1) is 16.0. The fraction of sp³-hybridized carbons (Fsp3) is 0.154. The number of para-hydroxylation sites is 1. The third kappa shape index (κ3) is 3.81. The predicted octanol–water partition coefficient (Wildman–Crippen LogP) is 6.13. The molecule has 166 valence electrons. The van der Waals surface area contributed by atoms with Gasteiger partial charge in [-0.15, -0.1) is 0 Å². The van der Waals surface area contributed by atoms with Gasteiger partial charge in [-0.05, 0) is 102 Å². The number of aryl methyl sites for hydroxylation is 1. The van der Waals surface area contributed by atoms with Gasteiger partial charge in [-0.25, -0.2) is 0 Å². The van der Waals surface area contributed by atoms with Crippen molar-refractivity contribution in [3.8, 4) is 11.4 Å². The van der Waals surface area contributed by atoms with Crippen LogP contribution in [0, 0.1) is 13.8 Å². The van der Waals surface area contributed by atoms with E-state index in [9.17, 15) is 5.11 Å². The monoisotopic (exact) mass is 518 g/mol. The van der Waals surface area contributed by atoms with Crippen molar-refractivity contribution in [2.45, 2.75) is 25.9 Å². The first-order valence-corrected chi connectivity index (χ1v) is 11.9. The molecular weight excluding hydrogens is 496 g/mol. The molecule has 5 rings (SSSR count). The third-order valence-corrected chi connectivity index (χ3v) is 7.09. The van der Waals surface area contributed by atoms with Gasteiger partial charge in [0.2, 0.25) is 0 Å². The number of aromatic hydroxyl groups is 1. The highest BCUT2D eigenvalue weighted by atomic mass is 79.9. The Labute approximate surface area is 206 Å². The first kappa shape index (κ1) is 21.7. The van der Waals surface area contributed by atoms with Crippen molar-refractivity contribution in [3.05, 3.63) is 106 Å². The number of hydrogen-bond donors (Lipinski definition) is 2. The van der Waals surface area contributed by atoms with Crippen LogP contribution in [-0.4, -0.2) is 19.8 Å². The lowest BCUT2D eigenvalue weighted by Crippen LogP contribution is -2.29. The summed E-state index contributed by atoms with van der Waals surface area (Å²) in [6.07, 6.45) is 1.81. The normalized spacial score (nSPS) is 17.9. The van der Waals surface area contributed by atoms with Gasteiger partial charge in [0, 0.05) is 27.7 Å². The van der Waals surface area contributed by atoms with Crippen LogP contribution in [0.25, 0.3) is 5.69 Å². The fourth-order valence-electron chi connectivity index (χ4n) is 4.65. The van der Waals surface area contributed by atoms with E-state index in [1.54, 1.807) is 12.1 Å². The summed E-state index contributed by atoms with van der Waals surface area (Å²) in [6, 6.07) is 23.3. The Morgan fingerprint density at radius 2 is 1.73 bits per heavy atom. The third-order valence-electron chi connectivity index (χ3n) is 6.11. The molecule has 1 saturated heterocycles. The highest BCUT2D eigenvalue weighted by molar-refractivity contribution is 9.10. The lowest BCUT2D eigenvalue weighted by atomic mass is 9.96. The summed E-state index contributed by atoms with van der Waals surface area (Å²) < 4.78 is 3.31. The van der Waals surface area contributed by atoms with Crippen molar-refractivity contribution < 1.29 is 5.11 Å². The van der Waals surface area contributed by atoms with E-state index in [0.29, 0.717) is 5.11 Å². The van der Waals surface area contributed by atoms with Gasteiger partial charge < -0.3 is 19.9 Å². The van der Waals surface area contributed by atoms with Crippen LogP contribution in [0.15, 0.2) is 83.5 Å². The lowest BCUT2D eigenvalue weighted by molar-refractivity contribution is 0.475. The minimum atomic E-state index is -0.124. The molecule has 7 heteroatoms. The average molecular weight is 519 g/mol. The molecule has 1 fully saturated rings. The molecule has 2 aromatic carbocycles. The number of phenolic OH excluding ortho intramolecular Hbond substituents is 1. The highest BCUT2D eigenvalue weighted by Crippen LogP contribution is 2.44.